The molecule has 1 fully saturated rings. The number of esters is 1. The first-order chi connectivity index (χ1) is 12.5. The summed E-state index contributed by atoms with van der Waals surface area (Å²) in [5.74, 6) is 0.0662. The lowest BCUT2D eigenvalue weighted by atomic mass is 10.2. The van der Waals surface area contributed by atoms with E-state index in [0.717, 1.165) is 0 Å². The lowest BCUT2D eigenvalue weighted by molar-refractivity contribution is -0.140. The highest BCUT2D eigenvalue weighted by atomic mass is 16.5. The lowest BCUT2D eigenvalue weighted by Gasteiger charge is -2.34. The van der Waals surface area contributed by atoms with Gasteiger partial charge in [0.05, 0.1) is 19.3 Å². The fourth-order valence-electron chi connectivity index (χ4n) is 2.64. The maximum Gasteiger partial charge on any atom is 0.338 e. The van der Waals surface area contributed by atoms with Gasteiger partial charge in [0.2, 0.25) is 5.91 Å². The third-order valence-corrected chi connectivity index (χ3v) is 4.10. The molecule has 26 heavy (non-hydrogen) atoms. The standard InChI is InChI=1S/C18H24N2O6/c1-4-25-16-11-14(5-6-15(16)24-3)18(23)26-12-17(22)20-9-7-19(8-10-20)13(2)21/h5-6,11H,4,7-10,12H2,1-3H3. The maximum absolute atomic E-state index is 12.2. The van der Waals surface area contributed by atoms with Gasteiger partial charge in [0.1, 0.15) is 0 Å². The number of nitrogens with zero attached hydrogens (tertiary/aromatic N) is 2. The molecule has 142 valence electrons. The van der Waals surface area contributed by atoms with Gasteiger partial charge in [-0.1, -0.05) is 0 Å². The predicted molar refractivity (Wildman–Crippen MR) is 93.3 cm³/mol. The summed E-state index contributed by atoms with van der Waals surface area (Å²) in [5.41, 5.74) is 0.281. The minimum Gasteiger partial charge on any atom is -0.493 e. The summed E-state index contributed by atoms with van der Waals surface area (Å²) in [7, 11) is 1.51. The summed E-state index contributed by atoms with van der Waals surface area (Å²) in [6.07, 6.45) is 0. The molecule has 1 saturated heterocycles. The Labute approximate surface area is 152 Å². The Morgan fingerprint density at radius 2 is 1.69 bits per heavy atom. The van der Waals surface area contributed by atoms with Gasteiger partial charge in [0.15, 0.2) is 18.1 Å². The van der Waals surface area contributed by atoms with Crippen molar-refractivity contribution >= 4 is 17.8 Å². The van der Waals surface area contributed by atoms with Gasteiger partial charge in [-0.15, -0.1) is 0 Å². The van der Waals surface area contributed by atoms with Crippen molar-refractivity contribution in [1.82, 2.24) is 9.80 Å². The second-order valence-electron chi connectivity index (χ2n) is 5.76. The molecule has 0 N–H and O–H groups in total. The van der Waals surface area contributed by atoms with Crippen LogP contribution in [-0.4, -0.2) is 74.1 Å². The predicted octanol–water partition coefficient (Wildman–Crippen LogP) is 0.941. The number of carbonyl (C=O) groups is 3. The topological polar surface area (TPSA) is 85.4 Å². The smallest absolute Gasteiger partial charge is 0.338 e. The van der Waals surface area contributed by atoms with Crippen LogP contribution in [0.1, 0.15) is 24.2 Å². The number of carbonyl (C=O) groups excluding carboxylic acids is 3. The molecule has 1 aliphatic rings. The van der Waals surface area contributed by atoms with Crippen molar-refractivity contribution in [3.63, 3.8) is 0 Å². The molecule has 0 aliphatic carbocycles. The Morgan fingerprint density at radius 1 is 1.04 bits per heavy atom. The lowest BCUT2D eigenvalue weighted by Crippen LogP contribution is -2.51. The summed E-state index contributed by atoms with van der Waals surface area (Å²) >= 11 is 0. The molecule has 0 bridgehead atoms. The molecule has 0 aromatic heterocycles. The van der Waals surface area contributed by atoms with E-state index in [1.807, 2.05) is 6.92 Å². The van der Waals surface area contributed by atoms with E-state index in [1.54, 1.807) is 21.9 Å². The van der Waals surface area contributed by atoms with Crippen molar-refractivity contribution in [3.05, 3.63) is 23.8 Å². The molecule has 1 aromatic carbocycles. The monoisotopic (exact) mass is 364 g/mol. The molecule has 1 heterocycles. The van der Waals surface area contributed by atoms with Gasteiger partial charge in [-0.3, -0.25) is 9.59 Å². The van der Waals surface area contributed by atoms with Crippen LogP contribution in [0.25, 0.3) is 0 Å². The third kappa shape index (κ3) is 4.87. The van der Waals surface area contributed by atoms with Crippen LogP contribution in [0.4, 0.5) is 0 Å². The summed E-state index contributed by atoms with van der Waals surface area (Å²) in [6, 6.07) is 4.70. The molecular weight excluding hydrogens is 340 g/mol. The molecule has 0 spiro atoms. The molecule has 8 heteroatoms. The third-order valence-electron chi connectivity index (χ3n) is 4.10. The van der Waals surface area contributed by atoms with Crippen LogP contribution in [0.2, 0.25) is 0 Å². The number of rotatable bonds is 6. The van der Waals surface area contributed by atoms with Crippen molar-refractivity contribution in [2.24, 2.45) is 0 Å². The maximum atomic E-state index is 12.2. The number of hydrogen-bond donors (Lipinski definition) is 0. The molecule has 0 atom stereocenters. The van der Waals surface area contributed by atoms with E-state index < -0.39 is 5.97 Å². The van der Waals surface area contributed by atoms with Crippen LogP contribution in [0, 0.1) is 0 Å². The Kier molecular flexibility index (Phi) is 6.82. The molecule has 1 aliphatic heterocycles. The molecular formula is C18H24N2O6. The molecule has 0 unspecified atom stereocenters. The molecule has 0 saturated carbocycles. The van der Waals surface area contributed by atoms with E-state index in [9.17, 15) is 14.4 Å². The Balaban J connectivity index is 1.89. The van der Waals surface area contributed by atoms with Gasteiger partial charge < -0.3 is 24.0 Å². The normalized spacial score (nSPS) is 14.0. The fraction of sp³-hybridized carbons (Fsp3) is 0.500. The number of amides is 2. The minimum absolute atomic E-state index is 0.00636. The van der Waals surface area contributed by atoms with Crippen molar-refractivity contribution in [3.8, 4) is 11.5 Å². The van der Waals surface area contributed by atoms with E-state index in [0.29, 0.717) is 44.3 Å². The van der Waals surface area contributed by atoms with Crippen molar-refractivity contribution < 1.29 is 28.6 Å². The number of piperazine rings is 1. The summed E-state index contributed by atoms with van der Waals surface area (Å²) < 4.78 is 15.7. The van der Waals surface area contributed by atoms with E-state index in [2.05, 4.69) is 0 Å². The van der Waals surface area contributed by atoms with Crippen molar-refractivity contribution in [1.29, 1.82) is 0 Å². The highest BCUT2D eigenvalue weighted by molar-refractivity contribution is 5.92. The highest BCUT2D eigenvalue weighted by Gasteiger charge is 2.23. The number of methoxy groups -OCH3 is 1. The van der Waals surface area contributed by atoms with Crippen LogP contribution in [-0.2, 0) is 14.3 Å². The zero-order valence-electron chi connectivity index (χ0n) is 15.3. The van der Waals surface area contributed by atoms with E-state index in [1.165, 1.54) is 20.1 Å². The van der Waals surface area contributed by atoms with Gasteiger partial charge in [0.25, 0.3) is 5.91 Å². The first-order valence-corrected chi connectivity index (χ1v) is 8.47. The molecule has 2 rings (SSSR count). The van der Waals surface area contributed by atoms with Crippen LogP contribution in [0.5, 0.6) is 11.5 Å². The summed E-state index contributed by atoms with van der Waals surface area (Å²) in [4.78, 5) is 38.9. The van der Waals surface area contributed by atoms with Crippen LogP contribution in [0.3, 0.4) is 0 Å². The Morgan fingerprint density at radius 3 is 2.27 bits per heavy atom. The zero-order valence-corrected chi connectivity index (χ0v) is 15.3. The SMILES string of the molecule is CCOc1cc(C(=O)OCC(=O)N2CCN(C(C)=O)CC2)ccc1OC. The molecule has 0 radical (unpaired) electrons. The Bertz CT molecular complexity index is 668. The molecule has 2 amide bonds. The summed E-state index contributed by atoms with van der Waals surface area (Å²) in [5, 5.41) is 0. The average molecular weight is 364 g/mol. The first kappa shape index (κ1) is 19.6. The van der Waals surface area contributed by atoms with Gasteiger partial charge in [0, 0.05) is 33.1 Å². The van der Waals surface area contributed by atoms with Crippen molar-refractivity contribution in [2.75, 3.05) is 46.5 Å². The minimum atomic E-state index is -0.607. The largest absolute Gasteiger partial charge is 0.493 e. The van der Waals surface area contributed by atoms with Crippen LogP contribution < -0.4 is 9.47 Å². The first-order valence-electron chi connectivity index (χ1n) is 8.47. The molecule has 1 aromatic rings. The van der Waals surface area contributed by atoms with Gasteiger partial charge >= 0.3 is 5.97 Å². The highest BCUT2D eigenvalue weighted by Crippen LogP contribution is 2.28. The van der Waals surface area contributed by atoms with E-state index >= 15 is 0 Å². The van der Waals surface area contributed by atoms with Crippen molar-refractivity contribution in [2.45, 2.75) is 13.8 Å². The number of ether oxygens (including phenoxy) is 3. The van der Waals surface area contributed by atoms with E-state index in [4.69, 9.17) is 14.2 Å². The zero-order chi connectivity index (χ0) is 19.1. The quantitative estimate of drug-likeness (QED) is 0.699. The second kappa shape index (κ2) is 9.07. The van der Waals surface area contributed by atoms with Gasteiger partial charge in [-0.05, 0) is 25.1 Å². The van der Waals surface area contributed by atoms with E-state index in [-0.39, 0.29) is 24.0 Å². The number of benzene rings is 1. The van der Waals surface area contributed by atoms with Crippen LogP contribution in [0.15, 0.2) is 18.2 Å². The number of hydrogen-bond acceptors (Lipinski definition) is 6. The Hall–Kier alpha value is -2.77. The van der Waals surface area contributed by atoms with Gasteiger partial charge in [-0.25, -0.2) is 4.79 Å². The summed E-state index contributed by atoms with van der Waals surface area (Å²) in [6.45, 7) is 5.28. The fourth-order valence-corrected chi connectivity index (χ4v) is 2.64. The van der Waals surface area contributed by atoms with Crippen LogP contribution >= 0.6 is 0 Å². The molecule has 8 nitrogen and oxygen atoms in total. The average Bonchev–Trinajstić information content (AvgIpc) is 2.66. The second-order valence-corrected chi connectivity index (χ2v) is 5.76. The van der Waals surface area contributed by atoms with Gasteiger partial charge in [-0.2, -0.15) is 0 Å².